The minimum atomic E-state index is -0.833. The van der Waals surface area contributed by atoms with Gasteiger partial charge in [0.1, 0.15) is 0 Å². The van der Waals surface area contributed by atoms with Crippen LogP contribution in [0.2, 0.25) is 0 Å². The van der Waals surface area contributed by atoms with Crippen LogP contribution in [0.5, 0.6) is 0 Å². The molecule has 0 aliphatic heterocycles. The van der Waals surface area contributed by atoms with Crippen molar-refractivity contribution in [2.45, 2.75) is 20.8 Å². The summed E-state index contributed by atoms with van der Waals surface area (Å²) >= 11 is 0. The third-order valence-corrected chi connectivity index (χ3v) is 0. The molecule has 13 heavy (non-hydrogen) atoms. The fourth-order valence-corrected chi connectivity index (χ4v) is 0. The molecule has 0 rings (SSSR count). The SMILES string of the molecule is CC(=O)O.CC(=O)O.CC(=O)O.[Ca+2].[H-].[H-]. The first-order valence-electron chi connectivity index (χ1n) is 2.78. The number of hydrogen-bond donors (Lipinski definition) is 3. The third-order valence-electron chi connectivity index (χ3n) is 0. The smallest absolute Gasteiger partial charge is 1.00 e. The van der Waals surface area contributed by atoms with E-state index in [9.17, 15) is 0 Å². The first-order valence-corrected chi connectivity index (χ1v) is 2.78. The van der Waals surface area contributed by atoms with Crippen LogP contribution >= 0.6 is 0 Å². The molecule has 0 saturated carbocycles. The van der Waals surface area contributed by atoms with E-state index in [1.165, 1.54) is 0 Å². The maximum atomic E-state index is 9.00. The van der Waals surface area contributed by atoms with Gasteiger partial charge in [0.25, 0.3) is 17.9 Å². The molecule has 3 N–H and O–H groups in total. The van der Waals surface area contributed by atoms with Gasteiger partial charge in [-0.1, -0.05) is 0 Å². The van der Waals surface area contributed by atoms with Gasteiger partial charge < -0.3 is 18.2 Å². The Hall–Kier alpha value is -0.330. The van der Waals surface area contributed by atoms with E-state index in [1.54, 1.807) is 0 Å². The predicted octanol–water partition coefficient (Wildman–Crippen LogP) is 0.117. The second kappa shape index (κ2) is 17.7. The third kappa shape index (κ3) is 10000. The molecule has 0 unspecified atom stereocenters. The van der Waals surface area contributed by atoms with Gasteiger partial charge in [0.2, 0.25) is 0 Å². The van der Waals surface area contributed by atoms with E-state index in [0.717, 1.165) is 20.8 Å². The Labute approximate surface area is 109 Å². The topological polar surface area (TPSA) is 112 Å². The van der Waals surface area contributed by atoms with Gasteiger partial charge in [-0.2, -0.15) is 0 Å². The van der Waals surface area contributed by atoms with Gasteiger partial charge in [0, 0.05) is 20.8 Å². The molecule has 0 fully saturated rings. The number of aliphatic carboxylic acids is 3. The van der Waals surface area contributed by atoms with Gasteiger partial charge in [-0.05, 0) is 0 Å². The maximum absolute atomic E-state index is 9.00. The molecule has 0 amide bonds. The zero-order valence-corrected chi connectivity index (χ0v) is 9.98. The molecule has 0 aliphatic rings. The second-order valence-corrected chi connectivity index (χ2v) is 1.56. The van der Waals surface area contributed by atoms with E-state index < -0.39 is 17.9 Å². The number of rotatable bonds is 0. The Kier molecular flexibility index (Phi) is 31.2. The minimum absolute atomic E-state index is 0. The number of carboxylic acid groups (broad SMARTS) is 3. The molecule has 0 heterocycles. The van der Waals surface area contributed by atoms with Crippen molar-refractivity contribution in [3.05, 3.63) is 0 Å². The molecule has 0 radical (unpaired) electrons. The molecule has 0 saturated heterocycles. The quantitative estimate of drug-likeness (QED) is 0.502. The molecular formula is C6H14CaO6. The summed E-state index contributed by atoms with van der Waals surface area (Å²) < 4.78 is 0. The van der Waals surface area contributed by atoms with Crippen molar-refractivity contribution in [1.29, 1.82) is 0 Å². The molecule has 6 nitrogen and oxygen atoms in total. The van der Waals surface area contributed by atoms with Crippen LogP contribution in [0.4, 0.5) is 0 Å². The van der Waals surface area contributed by atoms with E-state index >= 15 is 0 Å². The van der Waals surface area contributed by atoms with Crippen molar-refractivity contribution >= 4 is 55.6 Å². The van der Waals surface area contributed by atoms with E-state index in [0.29, 0.717) is 0 Å². The van der Waals surface area contributed by atoms with Gasteiger partial charge in [-0.3, -0.25) is 14.4 Å². The standard InChI is InChI=1S/3C2H4O2.Ca.2H/c3*1-2(3)4;;;/h3*1H3,(H,3,4);;;/q;;;+2;2*-1. The van der Waals surface area contributed by atoms with Crippen molar-refractivity contribution in [2.24, 2.45) is 0 Å². The van der Waals surface area contributed by atoms with E-state index in [2.05, 4.69) is 0 Å². The number of hydrogen-bond acceptors (Lipinski definition) is 3. The molecule has 0 aromatic rings. The van der Waals surface area contributed by atoms with E-state index in [4.69, 9.17) is 29.7 Å². The molecule has 7 heteroatoms. The Morgan fingerprint density at radius 3 is 0.769 bits per heavy atom. The van der Waals surface area contributed by atoms with Crippen LogP contribution in [0.25, 0.3) is 0 Å². The van der Waals surface area contributed by atoms with E-state index in [1.807, 2.05) is 0 Å². The van der Waals surface area contributed by atoms with Crippen LogP contribution in [0.3, 0.4) is 0 Å². The van der Waals surface area contributed by atoms with Gasteiger partial charge in [0.05, 0.1) is 0 Å². The minimum Gasteiger partial charge on any atom is -1.00 e. The summed E-state index contributed by atoms with van der Waals surface area (Å²) in [5.74, 6) is -2.50. The summed E-state index contributed by atoms with van der Waals surface area (Å²) in [6.45, 7) is 3.25. The summed E-state index contributed by atoms with van der Waals surface area (Å²) in [7, 11) is 0. The molecule has 76 valence electrons. The van der Waals surface area contributed by atoms with Crippen molar-refractivity contribution in [2.75, 3.05) is 0 Å². The summed E-state index contributed by atoms with van der Waals surface area (Å²) in [5, 5.41) is 22.2. The van der Waals surface area contributed by atoms with Crippen LogP contribution in [0.15, 0.2) is 0 Å². The summed E-state index contributed by atoms with van der Waals surface area (Å²) in [5.41, 5.74) is 0. The monoisotopic (exact) mass is 222 g/mol. The Morgan fingerprint density at radius 2 is 0.769 bits per heavy atom. The van der Waals surface area contributed by atoms with Gasteiger partial charge in [-0.25, -0.2) is 0 Å². The molecule has 0 aromatic heterocycles. The van der Waals surface area contributed by atoms with Gasteiger partial charge in [-0.15, -0.1) is 0 Å². The van der Waals surface area contributed by atoms with Gasteiger partial charge >= 0.3 is 37.7 Å². The van der Waals surface area contributed by atoms with Crippen LogP contribution < -0.4 is 0 Å². The number of carbonyl (C=O) groups is 3. The first kappa shape index (κ1) is 23.0. The Balaban J connectivity index is -0.0000000184. The second-order valence-electron chi connectivity index (χ2n) is 1.56. The first-order chi connectivity index (χ1) is 5.20. The molecule has 0 spiro atoms. The zero-order valence-electron chi connectivity index (χ0n) is 9.77. The molecule has 0 atom stereocenters. The van der Waals surface area contributed by atoms with Crippen molar-refractivity contribution in [1.82, 2.24) is 0 Å². The molecular weight excluding hydrogens is 208 g/mol. The van der Waals surface area contributed by atoms with Gasteiger partial charge in [0.15, 0.2) is 0 Å². The average Bonchev–Trinajstić information content (AvgIpc) is 1.54. The van der Waals surface area contributed by atoms with Crippen LogP contribution in [-0.4, -0.2) is 71.0 Å². The van der Waals surface area contributed by atoms with Crippen molar-refractivity contribution in [3.63, 3.8) is 0 Å². The Morgan fingerprint density at radius 1 is 0.769 bits per heavy atom. The summed E-state index contributed by atoms with van der Waals surface area (Å²) in [6.07, 6.45) is 0. The maximum Gasteiger partial charge on any atom is 2.00 e. The molecule has 0 bridgehead atoms. The molecule has 0 aromatic carbocycles. The van der Waals surface area contributed by atoms with Crippen LogP contribution in [0, 0.1) is 0 Å². The van der Waals surface area contributed by atoms with Crippen molar-refractivity contribution < 1.29 is 32.6 Å². The van der Waals surface area contributed by atoms with E-state index in [-0.39, 0.29) is 40.6 Å². The van der Waals surface area contributed by atoms with Crippen molar-refractivity contribution in [3.8, 4) is 0 Å². The molecule has 0 aliphatic carbocycles. The summed E-state index contributed by atoms with van der Waals surface area (Å²) in [4.78, 5) is 27.0. The Bertz CT molecular complexity index is 123. The predicted molar refractivity (Wildman–Crippen MR) is 47.9 cm³/mol. The average molecular weight is 222 g/mol. The largest absolute Gasteiger partial charge is 2.00 e. The fourth-order valence-electron chi connectivity index (χ4n) is 0. The normalized spacial score (nSPS) is 5.77. The zero-order chi connectivity index (χ0) is 10.7. The van der Waals surface area contributed by atoms with Crippen LogP contribution in [0.1, 0.15) is 23.6 Å². The fraction of sp³-hybridized carbons (Fsp3) is 0.500. The number of carboxylic acids is 3. The summed E-state index contributed by atoms with van der Waals surface area (Å²) in [6, 6.07) is 0. The van der Waals surface area contributed by atoms with Crippen LogP contribution in [-0.2, 0) is 14.4 Å².